The first-order valence-corrected chi connectivity index (χ1v) is 7.30. The highest BCUT2D eigenvalue weighted by atomic mass is 35.5. The summed E-state index contributed by atoms with van der Waals surface area (Å²) in [6.07, 6.45) is 0. The van der Waals surface area contributed by atoms with Crippen LogP contribution in [0.15, 0.2) is 30.3 Å². The van der Waals surface area contributed by atoms with Crippen molar-refractivity contribution >= 4 is 11.6 Å². The van der Waals surface area contributed by atoms with Crippen molar-refractivity contribution in [3.63, 3.8) is 0 Å². The number of hydrogen-bond acceptors (Lipinski definition) is 2. The molecule has 1 aromatic heterocycles. The summed E-state index contributed by atoms with van der Waals surface area (Å²) in [6, 6.07) is 10.2. The van der Waals surface area contributed by atoms with Crippen molar-refractivity contribution in [3.8, 4) is 11.4 Å². The molecule has 0 bridgehead atoms. The van der Waals surface area contributed by atoms with Gasteiger partial charge in [0.1, 0.15) is 5.15 Å². The van der Waals surface area contributed by atoms with Crippen molar-refractivity contribution in [2.75, 3.05) is 0 Å². The van der Waals surface area contributed by atoms with E-state index < -0.39 is 0 Å². The lowest BCUT2D eigenvalue weighted by Crippen LogP contribution is -2.14. The predicted octanol–water partition coefficient (Wildman–Crippen LogP) is 5.22. The van der Waals surface area contributed by atoms with E-state index in [0.29, 0.717) is 16.9 Å². The lowest BCUT2D eigenvalue weighted by molar-refractivity contribution is 0.568. The number of rotatable bonds is 2. The topological polar surface area (TPSA) is 25.8 Å². The zero-order valence-corrected chi connectivity index (χ0v) is 13.5. The second-order valence-electron chi connectivity index (χ2n) is 6.43. The lowest BCUT2D eigenvalue weighted by Gasteiger charge is -2.18. The Bertz CT molecular complexity index is 595. The standard InChI is InChI=1S/C17H21ClN2/c1-11(2)12-6-8-13(9-7-12)16-19-14(17(3,4)5)10-15(18)20-16/h6-11H,1-5H3. The first-order valence-electron chi connectivity index (χ1n) is 6.93. The van der Waals surface area contributed by atoms with Crippen LogP contribution in [0.5, 0.6) is 0 Å². The summed E-state index contributed by atoms with van der Waals surface area (Å²) >= 11 is 6.14. The molecule has 0 aliphatic rings. The van der Waals surface area contributed by atoms with Gasteiger partial charge in [-0.3, -0.25) is 0 Å². The van der Waals surface area contributed by atoms with Crippen LogP contribution in [0.4, 0.5) is 0 Å². The molecule has 0 N–H and O–H groups in total. The average Bonchev–Trinajstić information content (AvgIpc) is 2.37. The van der Waals surface area contributed by atoms with Gasteiger partial charge in [0.05, 0.1) is 5.69 Å². The van der Waals surface area contributed by atoms with E-state index in [1.165, 1.54) is 5.56 Å². The predicted molar refractivity (Wildman–Crippen MR) is 85.3 cm³/mol. The van der Waals surface area contributed by atoms with E-state index in [2.05, 4.69) is 68.9 Å². The molecule has 1 heterocycles. The molecule has 0 amide bonds. The molecule has 0 atom stereocenters. The fourth-order valence-electron chi connectivity index (χ4n) is 1.95. The second-order valence-corrected chi connectivity index (χ2v) is 6.81. The quantitative estimate of drug-likeness (QED) is 0.708. The third kappa shape index (κ3) is 3.37. The van der Waals surface area contributed by atoms with Gasteiger partial charge >= 0.3 is 0 Å². The summed E-state index contributed by atoms with van der Waals surface area (Å²) in [5.41, 5.74) is 3.23. The van der Waals surface area contributed by atoms with Gasteiger partial charge in [-0.2, -0.15) is 0 Å². The summed E-state index contributed by atoms with van der Waals surface area (Å²) < 4.78 is 0. The molecule has 1 aromatic carbocycles. The molecule has 0 saturated carbocycles. The van der Waals surface area contributed by atoms with E-state index in [-0.39, 0.29) is 5.41 Å². The molecule has 0 fully saturated rings. The Hall–Kier alpha value is -1.41. The maximum atomic E-state index is 6.14. The number of nitrogens with zero attached hydrogens (tertiary/aromatic N) is 2. The molecular weight excluding hydrogens is 268 g/mol. The van der Waals surface area contributed by atoms with E-state index in [4.69, 9.17) is 11.6 Å². The summed E-state index contributed by atoms with van der Waals surface area (Å²) in [7, 11) is 0. The molecule has 0 aliphatic heterocycles. The zero-order valence-electron chi connectivity index (χ0n) is 12.7. The van der Waals surface area contributed by atoms with Gasteiger partial charge in [-0.1, -0.05) is 70.5 Å². The van der Waals surface area contributed by atoms with Crippen molar-refractivity contribution in [3.05, 3.63) is 46.7 Å². The zero-order chi connectivity index (χ0) is 14.9. The van der Waals surface area contributed by atoms with Crippen LogP contribution in [0.1, 0.15) is 51.8 Å². The third-order valence-electron chi connectivity index (χ3n) is 3.30. The minimum absolute atomic E-state index is 0.0425. The van der Waals surface area contributed by atoms with E-state index >= 15 is 0 Å². The second kappa shape index (κ2) is 5.53. The van der Waals surface area contributed by atoms with Gasteiger partial charge in [-0.15, -0.1) is 0 Å². The average molecular weight is 289 g/mol. The first-order chi connectivity index (χ1) is 9.27. The van der Waals surface area contributed by atoms with Crippen LogP contribution in [0.25, 0.3) is 11.4 Å². The minimum atomic E-state index is -0.0425. The van der Waals surface area contributed by atoms with Gasteiger partial charge in [0, 0.05) is 11.0 Å². The van der Waals surface area contributed by atoms with Crippen LogP contribution in [0, 0.1) is 0 Å². The van der Waals surface area contributed by atoms with Crippen LogP contribution in [0.3, 0.4) is 0 Å². The molecule has 2 nitrogen and oxygen atoms in total. The van der Waals surface area contributed by atoms with E-state index in [1.807, 2.05) is 6.07 Å². The van der Waals surface area contributed by atoms with Crippen molar-refractivity contribution in [2.24, 2.45) is 0 Å². The van der Waals surface area contributed by atoms with Crippen molar-refractivity contribution < 1.29 is 0 Å². The van der Waals surface area contributed by atoms with E-state index in [1.54, 1.807) is 0 Å². The van der Waals surface area contributed by atoms with Crippen molar-refractivity contribution in [2.45, 2.75) is 46.0 Å². The van der Waals surface area contributed by atoms with E-state index in [9.17, 15) is 0 Å². The first kappa shape index (κ1) is 15.0. The molecule has 0 saturated heterocycles. The third-order valence-corrected chi connectivity index (χ3v) is 3.49. The highest BCUT2D eigenvalue weighted by Crippen LogP contribution is 2.26. The molecule has 0 aliphatic carbocycles. The molecular formula is C17H21ClN2. The number of aromatic nitrogens is 2. The Balaban J connectivity index is 2.44. The van der Waals surface area contributed by atoms with Crippen LogP contribution >= 0.6 is 11.6 Å². The fourth-order valence-corrected chi connectivity index (χ4v) is 2.13. The summed E-state index contributed by atoms with van der Waals surface area (Å²) in [6.45, 7) is 10.7. The van der Waals surface area contributed by atoms with Crippen molar-refractivity contribution in [1.82, 2.24) is 9.97 Å². The maximum Gasteiger partial charge on any atom is 0.161 e. The van der Waals surface area contributed by atoms with Gasteiger partial charge in [0.2, 0.25) is 0 Å². The summed E-state index contributed by atoms with van der Waals surface area (Å²) in [4.78, 5) is 9.00. The Morgan fingerprint density at radius 3 is 2.10 bits per heavy atom. The van der Waals surface area contributed by atoms with Crippen molar-refractivity contribution in [1.29, 1.82) is 0 Å². The molecule has 106 valence electrons. The lowest BCUT2D eigenvalue weighted by atomic mass is 9.92. The molecule has 2 aromatic rings. The molecule has 0 spiro atoms. The SMILES string of the molecule is CC(C)c1ccc(-c2nc(Cl)cc(C(C)(C)C)n2)cc1. The monoisotopic (exact) mass is 288 g/mol. The Kier molecular flexibility index (Phi) is 4.14. The number of hydrogen-bond donors (Lipinski definition) is 0. The minimum Gasteiger partial charge on any atom is -0.232 e. The van der Waals surface area contributed by atoms with E-state index in [0.717, 1.165) is 11.3 Å². The van der Waals surface area contributed by atoms with Gasteiger partial charge < -0.3 is 0 Å². The molecule has 0 unspecified atom stereocenters. The largest absolute Gasteiger partial charge is 0.232 e. The Morgan fingerprint density at radius 1 is 1.00 bits per heavy atom. The van der Waals surface area contributed by atoms with Crippen LogP contribution in [-0.4, -0.2) is 9.97 Å². The fraction of sp³-hybridized carbons (Fsp3) is 0.412. The van der Waals surface area contributed by atoms with Crippen LogP contribution in [0.2, 0.25) is 5.15 Å². The normalized spacial score (nSPS) is 11.9. The molecule has 0 radical (unpaired) electrons. The van der Waals surface area contributed by atoms with Gasteiger partial charge in [0.15, 0.2) is 5.82 Å². The Labute approximate surface area is 126 Å². The molecule has 2 rings (SSSR count). The maximum absolute atomic E-state index is 6.14. The highest BCUT2D eigenvalue weighted by molar-refractivity contribution is 6.29. The number of benzene rings is 1. The van der Waals surface area contributed by atoms with Gasteiger partial charge in [-0.05, 0) is 17.5 Å². The van der Waals surface area contributed by atoms with Crippen LogP contribution in [-0.2, 0) is 5.41 Å². The molecule has 20 heavy (non-hydrogen) atoms. The van der Waals surface area contributed by atoms with Gasteiger partial charge in [0.25, 0.3) is 0 Å². The summed E-state index contributed by atoms with van der Waals surface area (Å²) in [5.74, 6) is 1.21. The smallest absolute Gasteiger partial charge is 0.161 e. The highest BCUT2D eigenvalue weighted by Gasteiger charge is 2.18. The Morgan fingerprint density at radius 2 is 1.60 bits per heavy atom. The van der Waals surface area contributed by atoms with Crippen LogP contribution < -0.4 is 0 Å². The summed E-state index contributed by atoms with van der Waals surface area (Å²) in [5, 5.41) is 0.493. The van der Waals surface area contributed by atoms with Gasteiger partial charge in [-0.25, -0.2) is 9.97 Å². The number of halogens is 1. The molecule has 3 heteroatoms.